The summed E-state index contributed by atoms with van der Waals surface area (Å²) in [5, 5.41) is 25.1. The van der Waals surface area contributed by atoms with Gasteiger partial charge in [-0.3, -0.25) is 14.5 Å². The van der Waals surface area contributed by atoms with E-state index in [0.717, 1.165) is 10.6 Å². The molecule has 2 amide bonds. The number of carbonyl (C=O) groups is 3. The van der Waals surface area contributed by atoms with Gasteiger partial charge in [0, 0.05) is 23.1 Å². The summed E-state index contributed by atoms with van der Waals surface area (Å²) in [5.41, 5.74) is 3.47. The number of carbonyl (C=O) groups excluding carboxylic acids is 2. The molecule has 3 aromatic heterocycles. The van der Waals surface area contributed by atoms with Crippen LogP contribution in [0.4, 0.5) is 22.0 Å². The molecule has 12 nitrogen and oxygen atoms in total. The van der Waals surface area contributed by atoms with Gasteiger partial charge in [-0.15, -0.1) is 0 Å². The molecule has 0 atom stereocenters. The van der Waals surface area contributed by atoms with Crippen molar-refractivity contribution in [1.82, 2.24) is 30.3 Å². The number of hydrogen-bond acceptors (Lipinski definition) is 7. The van der Waals surface area contributed by atoms with E-state index in [1.807, 2.05) is 30.3 Å². The number of amides is 2. The van der Waals surface area contributed by atoms with Gasteiger partial charge in [0.15, 0.2) is 11.5 Å². The summed E-state index contributed by atoms with van der Waals surface area (Å²) < 4.78 is 0. The number of nitrogens with one attached hydrogen (secondary N) is 4. The quantitative estimate of drug-likeness (QED) is 0.304. The van der Waals surface area contributed by atoms with Crippen molar-refractivity contribution in [3.8, 4) is 11.3 Å². The molecule has 4 heterocycles. The number of carboxylic acid groups (broad SMARTS) is 1. The average molecular weight is 458 g/mol. The molecule has 0 unspecified atom stereocenters. The first-order chi connectivity index (χ1) is 16.5. The summed E-state index contributed by atoms with van der Waals surface area (Å²) in [5.74, 6) is -0.542. The SMILES string of the molecule is O=C(Nc1cc(-c2[nH]c3c(c2Nc2ccccc2)C(=O)CN(C(=O)O)C3)ccn1)c1cn[nH]n1. The van der Waals surface area contributed by atoms with E-state index in [1.54, 1.807) is 12.1 Å². The van der Waals surface area contributed by atoms with Crippen LogP contribution in [-0.2, 0) is 6.54 Å². The number of H-pyrrole nitrogens is 2. The Balaban J connectivity index is 1.56. The van der Waals surface area contributed by atoms with Gasteiger partial charge in [0.1, 0.15) is 5.82 Å². The van der Waals surface area contributed by atoms with E-state index in [4.69, 9.17) is 0 Å². The van der Waals surface area contributed by atoms with E-state index in [1.165, 1.54) is 12.4 Å². The number of benzene rings is 1. The molecule has 0 radical (unpaired) electrons. The third-order valence-electron chi connectivity index (χ3n) is 5.29. The molecular formula is C22H18N8O4. The van der Waals surface area contributed by atoms with Crippen LogP contribution in [0.3, 0.4) is 0 Å². The van der Waals surface area contributed by atoms with Crippen molar-refractivity contribution in [3.63, 3.8) is 0 Å². The summed E-state index contributed by atoms with van der Waals surface area (Å²) in [6.45, 7) is -0.195. The van der Waals surface area contributed by atoms with Crippen molar-refractivity contribution >= 4 is 35.0 Å². The van der Waals surface area contributed by atoms with Crippen LogP contribution in [-0.4, -0.2) is 59.7 Å². The Bertz CT molecular complexity index is 1380. The van der Waals surface area contributed by atoms with Crippen LogP contribution in [0.1, 0.15) is 26.5 Å². The number of ketones is 1. The first-order valence-electron chi connectivity index (χ1n) is 10.2. The van der Waals surface area contributed by atoms with E-state index in [0.29, 0.717) is 28.2 Å². The molecule has 0 bridgehead atoms. The number of para-hydroxylation sites is 1. The fourth-order valence-electron chi connectivity index (χ4n) is 3.77. The van der Waals surface area contributed by atoms with Gasteiger partial charge in [0.2, 0.25) is 0 Å². The Morgan fingerprint density at radius 2 is 1.94 bits per heavy atom. The van der Waals surface area contributed by atoms with Crippen molar-refractivity contribution in [2.24, 2.45) is 0 Å². The van der Waals surface area contributed by atoms with Gasteiger partial charge in [-0.2, -0.15) is 15.4 Å². The predicted molar refractivity (Wildman–Crippen MR) is 121 cm³/mol. The third kappa shape index (κ3) is 3.95. The molecule has 4 aromatic rings. The molecular weight excluding hydrogens is 440 g/mol. The van der Waals surface area contributed by atoms with Crippen LogP contribution in [0.5, 0.6) is 0 Å². The lowest BCUT2D eigenvalue weighted by molar-refractivity contribution is 0.0874. The summed E-state index contributed by atoms with van der Waals surface area (Å²) in [4.78, 5) is 45.2. The van der Waals surface area contributed by atoms with Crippen molar-refractivity contribution in [3.05, 3.63) is 71.8 Å². The van der Waals surface area contributed by atoms with Gasteiger partial charge in [0.25, 0.3) is 5.91 Å². The largest absolute Gasteiger partial charge is 0.465 e. The molecule has 5 N–H and O–H groups in total. The zero-order valence-corrected chi connectivity index (χ0v) is 17.6. The highest BCUT2D eigenvalue weighted by Crippen LogP contribution is 2.38. The predicted octanol–water partition coefficient (Wildman–Crippen LogP) is 2.87. The van der Waals surface area contributed by atoms with E-state index >= 15 is 0 Å². The summed E-state index contributed by atoms with van der Waals surface area (Å²) in [6, 6.07) is 12.7. The monoisotopic (exact) mass is 458 g/mol. The molecule has 0 saturated heterocycles. The topological polar surface area (TPSA) is 169 Å². The minimum Gasteiger partial charge on any atom is -0.465 e. The van der Waals surface area contributed by atoms with E-state index in [9.17, 15) is 19.5 Å². The Kier molecular flexibility index (Phi) is 5.22. The number of anilines is 3. The molecule has 1 aliphatic heterocycles. The first kappa shape index (κ1) is 20.9. The van der Waals surface area contributed by atoms with Gasteiger partial charge >= 0.3 is 6.09 Å². The number of nitrogens with zero attached hydrogens (tertiary/aromatic N) is 4. The summed E-state index contributed by atoms with van der Waals surface area (Å²) in [6.07, 6.45) is 1.64. The number of aromatic amines is 2. The Morgan fingerprint density at radius 1 is 1.12 bits per heavy atom. The molecule has 0 fully saturated rings. The lowest BCUT2D eigenvalue weighted by Crippen LogP contribution is -2.38. The molecule has 1 aromatic carbocycles. The minimum atomic E-state index is -1.17. The Morgan fingerprint density at radius 3 is 2.68 bits per heavy atom. The highest BCUT2D eigenvalue weighted by molar-refractivity contribution is 6.09. The molecule has 5 rings (SSSR count). The van der Waals surface area contributed by atoms with Gasteiger partial charge in [0.05, 0.1) is 36.2 Å². The molecule has 12 heteroatoms. The summed E-state index contributed by atoms with van der Waals surface area (Å²) in [7, 11) is 0. The summed E-state index contributed by atoms with van der Waals surface area (Å²) >= 11 is 0. The van der Waals surface area contributed by atoms with E-state index in [-0.39, 0.29) is 30.4 Å². The maximum atomic E-state index is 12.9. The number of fused-ring (bicyclic) bond motifs is 1. The number of hydrogen-bond donors (Lipinski definition) is 5. The zero-order chi connectivity index (χ0) is 23.7. The third-order valence-corrected chi connectivity index (χ3v) is 5.29. The molecule has 0 saturated carbocycles. The maximum absolute atomic E-state index is 12.9. The molecule has 34 heavy (non-hydrogen) atoms. The standard InChI is InChI=1S/C22H18N8O4/c31-16-11-30(22(33)34)10-15-18(16)20(25-13-4-2-1-3-5-13)19(26-15)12-6-7-23-17(8-12)27-21(32)14-9-24-29-28-14/h1-9,25-26H,10-11H2,(H,33,34)(H,23,27,32)(H,24,28,29). The smallest absolute Gasteiger partial charge is 0.408 e. The first-order valence-corrected chi connectivity index (χ1v) is 10.2. The van der Waals surface area contributed by atoms with Crippen molar-refractivity contribution in [2.45, 2.75) is 6.54 Å². The Hall–Kier alpha value is -5.00. The molecule has 170 valence electrons. The Labute approximate surface area is 192 Å². The van der Waals surface area contributed by atoms with Crippen molar-refractivity contribution < 1.29 is 19.5 Å². The van der Waals surface area contributed by atoms with E-state index < -0.39 is 12.0 Å². The van der Waals surface area contributed by atoms with Gasteiger partial charge in [-0.05, 0) is 24.3 Å². The zero-order valence-electron chi connectivity index (χ0n) is 17.6. The highest BCUT2D eigenvalue weighted by atomic mass is 16.4. The van der Waals surface area contributed by atoms with Crippen LogP contribution in [0.2, 0.25) is 0 Å². The fraction of sp³-hybridized carbons (Fsp3) is 0.0909. The number of aromatic nitrogens is 5. The minimum absolute atomic E-state index is 0.0424. The van der Waals surface area contributed by atoms with Crippen LogP contribution in [0.15, 0.2) is 54.9 Å². The second-order valence-corrected chi connectivity index (χ2v) is 7.52. The highest BCUT2D eigenvalue weighted by Gasteiger charge is 2.32. The molecule has 1 aliphatic rings. The lowest BCUT2D eigenvalue weighted by atomic mass is 10.0. The molecule has 0 spiro atoms. The lowest BCUT2D eigenvalue weighted by Gasteiger charge is -2.23. The average Bonchev–Trinajstić information content (AvgIpc) is 3.49. The number of Topliss-reactive ketones (excluding diaryl/α,β-unsaturated/α-hetero) is 1. The second-order valence-electron chi connectivity index (χ2n) is 7.52. The van der Waals surface area contributed by atoms with E-state index in [2.05, 4.69) is 36.0 Å². The van der Waals surface area contributed by atoms with Crippen LogP contribution in [0, 0.1) is 0 Å². The maximum Gasteiger partial charge on any atom is 0.408 e. The van der Waals surface area contributed by atoms with Gasteiger partial charge < -0.3 is 20.7 Å². The number of rotatable bonds is 5. The van der Waals surface area contributed by atoms with Gasteiger partial charge in [-0.25, -0.2) is 9.78 Å². The fourth-order valence-corrected chi connectivity index (χ4v) is 3.77. The van der Waals surface area contributed by atoms with Crippen molar-refractivity contribution in [1.29, 1.82) is 0 Å². The second kappa shape index (κ2) is 8.50. The van der Waals surface area contributed by atoms with Crippen LogP contribution in [0.25, 0.3) is 11.3 Å². The molecule has 0 aliphatic carbocycles. The van der Waals surface area contributed by atoms with Crippen molar-refractivity contribution in [2.75, 3.05) is 17.2 Å². The normalized spacial score (nSPS) is 12.8. The van der Waals surface area contributed by atoms with Gasteiger partial charge in [-0.1, -0.05) is 18.2 Å². The number of pyridine rings is 1. The van der Waals surface area contributed by atoms with Crippen LogP contribution < -0.4 is 10.6 Å². The van der Waals surface area contributed by atoms with Crippen LogP contribution >= 0.6 is 0 Å².